The van der Waals surface area contributed by atoms with Crippen LogP contribution in [0.5, 0.6) is 0 Å². The summed E-state index contributed by atoms with van der Waals surface area (Å²) in [6.07, 6.45) is 1.44. The molecule has 1 atom stereocenters. The Morgan fingerprint density at radius 1 is 0.963 bits per heavy atom. The minimum atomic E-state index is -0.388. The number of benzene rings is 2. The van der Waals surface area contributed by atoms with Gasteiger partial charge in [0.2, 0.25) is 0 Å². The molecule has 2 aromatic carbocycles. The quantitative estimate of drug-likeness (QED) is 0.684. The van der Waals surface area contributed by atoms with Gasteiger partial charge in [0, 0.05) is 6.54 Å². The normalized spacial score (nSPS) is 11.6. The molecule has 1 heterocycles. The third kappa shape index (κ3) is 4.44. The minimum absolute atomic E-state index is 0.182. The summed E-state index contributed by atoms with van der Waals surface area (Å²) in [6.45, 7) is 4.41. The zero-order valence-corrected chi connectivity index (χ0v) is 15.4. The van der Waals surface area contributed by atoms with E-state index in [1.54, 1.807) is 24.3 Å². The maximum absolute atomic E-state index is 12.7. The van der Waals surface area contributed by atoms with Crippen LogP contribution in [0.4, 0.5) is 5.69 Å². The second-order valence-corrected chi connectivity index (χ2v) is 6.45. The molecule has 0 unspecified atom stereocenters. The van der Waals surface area contributed by atoms with Gasteiger partial charge in [0.25, 0.3) is 11.8 Å². The summed E-state index contributed by atoms with van der Waals surface area (Å²) in [6, 6.07) is 18.6. The lowest BCUT2D eigenvalue weighted by Crippen LogP contribution is -2.29. The number of anilines is 1. The molecule has 3 aromatic rings. The Bertz CT molecular complexity index is 918. The van der Waals surface area contributed by atoms with Crippen molar-refractivity contribution in [3.05, 3.63) is 89.4 Å². The molecule has 0 radical (unpaired) electrons. The molecule has 0 saturated carbocycles. The van der Waals surface area contributed by atoms with Crippen molar-refractivity contribution in [3.63, 3.8) is 0 Å². The lowest BCUT2D eigenvalue weighted by Gasteiger charge is -2.16. The topological polar surface area (TPSA) is 71.3 Å². The van der Waals surface area contributed by atoms with Crippen LogP contribution in [0.3, 0.4) is 0 Å². The Morgan fingerprint density at radius 2 is 1.74 bits per heavy atom. The molecule has 0 aliphatic carbocycles. The Balaban J connectivity index is 1.73. The van der Waals surface area contributed by atoms with E-state index in [0.717, 1.165) is 11.1 Å². The Labute approximate surface area is 158 Å². The molecule has 0 bridgehead atoms. The highest BCUT2D eigenvalue weighted by atomic mass is 16.3. The van der Waals surface area contributed by atoms with E-state index in [1.807, 2.05) is 43.3 Å². The standard InChI is InChI=1S/C22H22N2O3/c1-15-8-6-11-18(20(15)24-22(26)19-12-7-13-27-19)21(25)23-14-16(2)17-9-4-3-5-10-17/h3-13,16H,14H2,1-2H3,(H,23,25)(H,24,26)/t16-/m1/s1. The Kier molecular flexibility index (Phi) is 5.71. The third-order valence-corrected chi connectivity index (χ3v) is 4.44. The SMILES string of the molecule is Cc1cccc(C(=O)NC[C@@H](C)c2ccccc2)c1NC(=O)c1ccco1. The van der Waals surface area contributed by atoms with E-state index in [0.29, 0.717) is 17.8 Å². The van der Waals surface area contributed by atoms with Crippen molar-refractivity contribution in [3.8, 4) is 0 Å². The molecule has 0 fully saturated rings. The Hall–Kier alpha value is -3.34. The van der Waals surface area contributed by atoms with Crippen molar-refractivity contribution >= 4 is 17.5 Å². The molecule has 0 saturated heterocycles. The first-order valence-corrected chi connectivity index (χ1v) is 8.84. The monoisotopic (exact) mass is 362 g/mol. The fourth-order valence-electron chi connectivity index (χ4n) is 2.85. The fraction of sp³-hybridized carbons (Fsp3) is 0.182. The van der Waals surface area contributed by atoms with Crippen molar-refractivity contribution in [2.45, 2.75) is 19.8 Å². The van der Waals surface area contributed by atoms with Crippen LogP contribution in [0, 0.1) is 6.92 Å². The van der Waals surface area contributed by atoms with Crippen molar-refractivity contribution in [2.75, 3.05) is 11.9 Å². The number of carbonyl (C=O) groups excluding carboxylic acids is 2. The maximum Gasteiger partial charge on any atom is 0.291 e. The van der Waals surface area contributed by atoms with Crippen LogP contribution < -0.4 is 10.6 Å². The van der Waals surface area contributed by atoms with Crippen LogP contribution in [0.2, 0.25) is 0 Å². The number of aryl methyl sites for hydroxylation is 1. The summed E-state index contributed by atoms with van der Waals surface area (Å²) in [4.78, 5) is 25.1. The third-order valence-electron chi connectivity index (χ3n) is 4.44. The summed E-state index contributed by atoms with van der Waals surface area (Å²) in [5, 5.41) is 5.75. The van der Waals surface area contributed by atoms with Crippen LogP contribution >= 0.6 is 0 Å². The molecule has 2 amide bonds. The number of rotatable bonds is 6. The van der Waals surface area contributed by atoms with Gasteiger partial charge in [-0.15, -0.1) is 0 Å². The van der Waals surface area contributed by atoms with Gasteiger partial charge in [-0.3, -0.25) is 9.59 Å². The number of hydrogen-bond donors (Lipinski definition) is 2. The van der Waals surface area contributed by atoms with Gasteiger partial charge in [0.05, 0.1) is 17.5 Å². The largest absolute Gasteiger partial charge is 0.459 e. The summed E-state index contributed by atoms with van der Waals surface area (Å²) in [7, 11) is 0. The van der Waals surface area contributed by atoms with E-state index in [4.69, 9.17) is 4.42 Å². The van der Waals surface area contributed by atoms with Gasteiger partial charge in [-0.1, -0.05) is 49.4 Å². The summed E-state index contributed by atoms with van der Waals surface area (Å²) >= 11 is 0. The lowest BCUT2D eigenvalue weighted by molar-refractivity contribution is 0.0952. The molecular formula is C22H22N2O3. The highest BCUT2D eigenvalue weighted by Gasteiger charge is 2.18. The van der Waals surface area contributed by atoms with Gasteiger partial charge in [0.1, 0.15) is 0 Å². The molecule has 1 aromatic heterocycles. The molecular weight excluding hydrogens is 340 g/mol. The number of furan rings is 1. The Morgan fingerprint density at radius 3 is 2.44 bits per heavy atom. The van der Waals surface area contributed by atoms with E-state index in [1.165, 1.54) is 6.26 Å². The zero-order chi connectivity index (χ0) is 19.2. The predicted molar refractivity (Wildman–Crippen MR) is 105 cm³/mol. The first-order valence-electron chi connectivity index (χ1n) is 8.84. The van der Waals surface area contributed by atoms with E-state index in [2.05, 4.69) is 17.6 Å². The van der Waals surface area contributed by atoms with Gasteiger partial charge >= 0.3 is 0 Å². The van der Waals surface area contributed by atoms with Gasteiger partial charge in [-0.05, 0) is 42.2 Å². The van der Waals surface area contributed by atoms with Crippen LogP contribution in [-0.4, -0.2) is 18.4 Å². The maximum atomic E-state index is 12.7. The molecule has 5 heteroatoms. The first kappa shape index (κ1) is 18.5. The number of nitrogens with one attached hydrogen (secondary N) is 2. The van der Waals surface area contributed by atoms with Crippen LogP contribution in [0.1, 0.15) is 44.9 Å². The predicted octanol–water partition coefficient (Wildman–Crippen LogP) is 4.37. The van der Waals surface area contributed by atoms with E-state index in [9.17, 15) is 9.59 Å². The van der Waals surface area contributed by atoms with Crippen molar-refractivity contribution < 1.29 is 14.0 Å². The first-order chi connectivity index (χ1) is 13.1. The average Bonchev–Trinajstić information content (AvgIpc) is 3.23. The average molecular weight is 362 g/mol. The molecule has 138 valence electrons. The molecule has 0 aliphatic rings. The number of hydrogen-bond acceptors (Lipinski definition) is 3. The van der Waals surface area contributed by atoms with E-state index in [-0.39, 0.29) is 23.5 Å². The summed E-state index contributed by atoms with van der Waals surface area (Å²) in [5.74, 6) is -0.236. The van der Waals surface area contributed by atoms with Crippen molar-refractivity contribution in [1.29, 1.82) is 0 Å². The van der Waals surface area contributed by atoms with Gasteiger partial charge in [-0.25, -0.2) is 0 Å². The van der Waals surface area contributed by atoms with Crippen molar-refractivity contribution in [2.24, 2.45) is 0 Å². The number of amides is 2. The second-order valence-electron chi connectivity index (χ2n) is 6.45. The lowest BCUT2D eigenvalue weighted by atomic mass is 10.0. The molecule has 27 heavy (non-hydrogen) atoms. The second kappa shape index (κ2) is 8.36. The number of carbonyl (C=O) groups is 2. The van der Waals surface area contributed by atoms with Gasteiger partial charge < -0.3 is 15.1 Å². The number of para-hydroxylation sites is 1. The highest BCUT2D eigenvalue weighted by molar-refractivity contribution is 6.08. The summed E-state index contributed by atoms with van der Waals surface area (Å²) in [5.41, 5.74) is 2.88. The van der Waals surface area contributed by atoms with Crippen LogP contribution in [0.25, 0.3) is 0 Å². The fourth-order valence-corrected chi connectivity index (χ4v) is 2.85. The van der Waals surface area contributed by atoms with E-state index < -0.39 is 0 Å². The molecule has 0 aliphatic heterocycles. The van der Waals surface area contributed by atoms with Gasteiger partial charge in [-0.2, -0.15) is 0 Å². The molecule has 0 spiro atoms. The highest BCUT2D eigenvalue weighted by Crippen LogP contribution is 2.22. The summed E-state index contributed by atoms with van der Waals surface area (Å²) < 4.78 is 5.12. The molecule has 5 nitrogen and oxygen atoms in total. The van der Waals surface area contributed by atoms with E-state index >= 15 is 0 Å². The molecule has 2 N–H and O–H groups in total. The van der Waals surface area contributed by atoms with Crippen LogP contribution in [0.15, 0.2) is 71.3 Å². The van der Waals surface area contributed by atoms with Crippen LogP contribution in [-0.2, 0) is 0 Å². The van der Waals surface area contributed by atoms with Gasteiger partial charge in [0.15, 0.2) is 5.76 Å². The van der Waals surface area contributed by atoms with Crippen molar-refractivity contribution in [1.82, 2.24) is 5.32 Å². The minimum Gasteiger partial charge on any atom is -0.459 e. The zero-order valence-electron chi connectivity index (χ0n) is 15.4. The smallest absolute Gasteiger partial charge is 0.291 e. The molecule has 3 rings (SSSR count).